The Bertz CT molecular complexity index is 794. The minimum absolute atomic E-state index is 0.146. The van der Waals surface area contributed by atoms with E-state index in [0.29, 0.717) is 0 Å². The molecule has 2 N–H and O–H groups in total. The van der Waals surface area contributed by atoms with E-state index in [0.717, 1.165) is 12.1 Å². The minimum atomic E-state index is -4.06. The number of pyridine rings is 1. The second-order valence-electron chi connectivity index (χ2n) is 3.91. The second-order valence-corrected chi connectivity index (χ2v) is 6.38. The van der Waals surface area contributed by atoms with E-state index in [2.05, 4.69) is 9.71 Å². The van der Waals surface area contributed by atoms with E-state index in [9.17, 15) is 13.2 Å². The fourth-order valence-electron chi connectivity index (χ4n) is 1.53. The SMILES string of the molecule is O=C(O)c1cc(S(=O)(=O)Nc2cccnc2)c(Cl)cc1Cl. The number of carboxylic acids is 1. The first-order valence-electron chi connectivity index (χ1n) is 5.46. The molecule has 21 heavy (non-hydrogen) atoms. The predicted molar refractivity (Wildman–Crippen MR) is 78.5 cm³/mol. The first-order valence-corrected chi connectivity index (χ1v) is 7.70. The number of hydrogen-bond donors (Lipinski definition) is 2. The molecule has 2 aromatic rings. The van der Waals surface area contributed by atoms with Gasteiger partial charge < -0.3 is 5.11 Å². The third kappa shape index (κ3) is 3.44. The van der Waals surface area contributed by atoms with Crippen LogP contribution in [0.25, 0.3) is 0 Å². The van der Waals surface area contributed by atoms with Gasteiger partial charge in [-0.15, -0.1) is 0 Å². The normalized spacial score (nSPS) is 11.1. The van der Waals surface area contributed by atoms with Crippen molar-refractivity contribution in [3.63, 3.8) is 0 Å². The molecule has 0 bridgehead atoms. The van der Waals surface area contributed by atoms with Crippen LogP contribution >= 0.6 is 23.2 Å². The Hall–Kier alpha value is -1.83. The number of nitrogens with zero attached hydrogens (tertiary/aromatic N) is 1. The Labute approximate surface area is 130 Å². The van der Waals surface area contributed by atoms with Gasteiger partial charge in [0.2, 0.25) is 0 Å². The van der Waals surface area contributed by atoms with Crippen LogP contribution in [0.1, 0.15) is 10.4 Å². The second kappa shape index (κ2) is 5.88. The van der Waals surface area contributed by atoms with E-state index in [-0.39, 0.29) is 26.2 Å². The molecule has 0 aliphatic heterocycles. The van der Waals surface area contributed by atoms with Gasteiger partial charge in [0.25, 0.3) is 10.0 Å². The Morgan fingerprint density at radius 2 is 1.95 bits per heavy atom. The van der Waals surface area contributed by atoms with Crippen LogP contribution in [0.3, 0.4) is 0 Å². The van der Waals surface area contributed by atoms with Crippen molar-refractivity contribution >= 4 is 44.9 Å². The number of nitrogens with one attached hydrogen (secondary N) is 1. The maximum absolute atomic E-state index is 12.2. The zero-order valence-electron chi connectivity index (χ0n) is 10.2. The third-order valence-electron chi connectivity index (χ3n) is 2.46. The molecule has 110 valence electrons. The van der Waals surface area contributed by atoms with Crippen molar-refractivity contribution in [1.82, 2.24) is 4.98 Å². The number of aromatic carboxylic acids is 1. The van der Waals surface area contributed by atoms with Crippen LogP contribution in [0.4, 0.5) is 5.69 Å². The number of carbonyl (C=O) groups is 1. The minimum Gasteiger partial charge on any atom is -0.478 e. The van der Waals surface area contributed by atoms with Gasteiger partial charge in [-0.25, -0.2) is 13.2 Å². The number of benzene rings is 1. The number of halogens is 2. The fourth-order valence-corrected chi connectivity index (χ4v) is 3.43. The Morgan fingerprint density at radius 1 is 1.24 bits per heavy atom. The molecule has 0 spiro atoms. The molecule has 6 nitrogen and oxygen atoms in total. The lowest BCUT2D eigenvalue weighted by Crippen LogP contribution is -2.14. The quantitative estimate of drug-likeness (QED) is 0.887. The molecule has 1 aromatic heterocycles. The summed E-state index contributed by atoms with van der Waals surface area (Å²) in [6, 6.07) is 5.02. The Morgan fingerprint density at radius 3 is 2.52 bits per heavy atom. The van der Waals surface area contributed by atoms with E-state index in [1.54, 1.807) is 6.07 Å². The lowest BCUT2D eigenvalue weighted by atomic mass is 10.2. The molecule has 0 unspecified atom stereocenters. The van der Waals surface area contributed by atoms with E-state index in [1.807, 2.05) is 0 Å². The molecule has 1 heterocycles. The van der Waals surface area contributed by atoms with E-state index in [4.69, 9.17) is 28.3 Å². The van der Waals surface area contributed by atoms with Crippen molar-refractivity contribution in [1.29, 1.82) is 0 Å². The fraction of sp³-hybridized carbons (Fsp3) is 0. The maximum Gasteiger partial charge on any atom is 0.337 e. The molecule has 0 fully saturated rings. The molecule has 0 saturated heterocycles. The summed E-state index contributed by atoms with van der Waals surface area (Å²) in [7, 11) is -4.06. The lowest BCUT2D eigenvalue weighted by Gasteiger charge is -2.10. The Kier molecular flexibility index (Phi) is 4.36. The summed E-state index contributed by atoms with van der Waals surface area (Å²) < 4.78 is 26.7. The Balaban J connectivity index is 2.50. The van der Waals surface area contributed by atoms with Gasteiger partial charge in [0.1, 0.15) is 4.90 Å². The zero-order valence-corrected chi connectivity index (χ0v) is 12.6. The van der Waals surface area contributed by atoms with Crippen molar-refractivity contribution in [3.05, 3.63) is 52.3 Å². The standard InChI is InChI=1S/C12H8Cl2N2O4S/c13-9-5-10(14)11(4-8(9)12(17)18)21(19,20)16-7-2-1-3-15-6-7/h1-6,16H,(H,17,18). The topological polar surface area (TPSA) is 96.4 Å². The highest BCUT2D eigenvalue weighted by Gasteiger charge is 2.22. The molecule has 0 aliphatic rings. The molecule has 1 aromatic carbocycles. The van der Waals surface area contributed by atoms with Crippen LogP contribution in [0.15, 0.2) is 41.6 Å². The van der Waals surface area contributed by atoms with Crippen molar-refractivity contribution in [3.8, 4) is 0 Å². The van der Waals surface area contributed by atoms with Gasteiger partial charge in [-0.1, -0.05) is 23.2 Å². The van der Waals surface area contributed by atoms with Gasteiger partial charge in [-0.3, -0.25) is 9.71 Å². The summed E-state index contributed by atoms with van der Waals surface area (Å²) in [6.45, 7) is 0. The predicted octanol–water partition coefficient (Wildman–Crippen LogP) is 2.89. The van der Waals surface area contributed by atoms with Gasteiger partial charge in [0.05, 0.1) is 27.5 Å². The molecule has 0 saturated carbocycles. The average Bonchev–Trinajstić information content (AvgIpc) is 2.38. The summed E-state index contributed by atoms with van der Waals surface area (Å²) >= 11 is 11.6. The van der Waals surface area contributed by atoms with Gasteiger partial charge in [0.15, 0.2) is 0 Å². The summed E-state index contributed by atoms with van der Waals surface area (Å²) in [5, 5.41) is 8.66. The van der Waals surface area contributed by atoms with Gasteiger partial charge in [-0.2, -0.15) is 0 Å². The average molecular weight is 347 g/mol. The summed E-state index contributed by atoms with van der Waals surface area (Å²) in [4.78, 5) is 14.4. The van der Waals surface area contributed by atoms with Crippen LogP contribution in [0.5, 0.6) is 0 Å². The number of sulfonamides is 1. The summed E-state index contributed by atoms with van der Waals surface area (Å²) in [5.41, 5.74) is -0.131. The smallest absolute Gasteiger partial charge is 0.337 e. The highest BCUT2D eigenvalue weighted by molar-refractivity contribution is 7.92. The molecule has 2 rings (SSSR count). The molecule has 0 aliphatic carbocycles. The third-order valence-corrected chi connectivity index (χ3v) is 4.61. The summed E-state index contributed by atoms with van der Waals surface area (Å²) in [6.07, 6.45) is 2.79. The molecule has 0 amide bonds. The van der Waals surface area contributed by atoms with Crippen molar-refractivity contribution in [2.45, 2.75) is 4.90 Å². The van der Waals surface area contributed by atoms with Crippen LogP contribution in [-0.2, 0) is 10.0 Å². The van der Waals surface area contributed by atoms with Crippen LogP contribution in [0.2, 0.25) is 10.0 Å². The number of carboxylic acid groups (broad SMARTS) is 1. The molecule has 0 radical (unpaired) electrons. The molecular formula is C12H8Cl2N2O4S. The molecule has 0 atom stereocenters. The first-order chi connectivity index (χ1) is 9.81. The molecule has 9 heteroatoms. The van der Waals surface area contributed by atoms with E-state index >= 15 is 0 Å². The number of aromatic nitrogens is 1. The van der Waals surface area contributed by atoms with Crippen molar-refractivity contribution in [2.75, 3.05) is 4.72 Å². The van der Waals surface area contributed by atoms with Crippen LogP contribution < -0.4 is 4.72 Å². The highest BCUT2D eigenvalue weighted by atomic mass is 35.5. The summed E-state index contributed by atoms with van der Waals surface area (Å²) in [5.74, 6) is -1.35. The highest BCUT2D eigenvalue weighted by Crippen LogP contribution is 2.29. The van der Waals surface area contributed by atoms with Crippen LogP contribution in [0, 0.1) is 0 Å². The van der Waals surface area contributed by atoms with Crippen LogP contribution in [-0.4, -0.2) is 24.5 Å². The van der Waals surface area contributed by atoms with E-state index in [1.165, 1.54) is 18.5 Å². The number of rotatable bonds is 4. The molecular weight excluding hydrogens is 339 g/mol. The number of anilines is 1. The van der Waals surface area contributed by atoms with E-state index < -0.39 is 16.0 Å². The zero-order chi connectivity index (χ0) is 15.6. The van der Waals surface area contributed by atoms with Gasteiger partial charge in [0, 0.05) is 6.20 Å². The number of hydrogen-bond acceptors (Lipinski definition) is 4. The van der Waals surface area contributed by atoms with Crippen molar-refractivity contribution < 1.29 is 18.3 Å². The van der Waals surface area contributed by atoms with Gasteiger partial charge >= 0.3 is 5.97 Å². The lowest BCUT2D eigenvalue weighted by molar-refractivity contribution is 0.0697. The van der Waals surface area contributed by atoms with Gasteiger partial charge in [-0.05, 0) is 24.3 Å². The first kappa shape index (κ1) is 15.6. The maximum atomic E-state index is 12.2. The monoisotopic (exact) mass is 346 g/mol. The van der Waals surface area contributed by atoms with Crippen molar-refractivity contribution in [2.24, 2.45) is 0 Å². The largest absolute Gasteiger partial charge is 0.478 e.